The third-order valence-electron chi connectivity index (χ3n) is 4.81. The molecule has 1 aliphatic heterocycles. The zero-order chi connectivity index (χ0) is 21.2. The molecule has 0 spiro atoms. The topological polar surface area (TPSA) is 95.0 Å². The Labute approximate surface area is 173 Å². The molecule has 1 aliphatic rings. The summed E-state index contributed by atoms with van der Waals surface area (Å²) in [5, 5.41) is 8.47. The summed E-state index contributed by atoms with van der Waals surface area (Å²) in [6, 6.07) is 7.21. The third-order valence-corrected chi connectivity index (χ3v) is 4.81. The molecule has 1 saturated heterocycles. The van der Waals surface area contributed by atoms with Gasteiger partial charge in [0.25, 0.3) is 11.8 Å². The Bertz CT molecular complexity index is 682. The van der Waals surface area contributed by atoms with Gasteiger partial charge in [0, 0.05) is 24.7 Å². The first kappa shape index (κ1) is 22.7. The van der Waals surface area contributed by atoms with Crippen LogP contribution < -0.4 is 20.9 Å². The van der Waals surface area contributed by atoms with Crippen LogP contribution in [0.2, 0.25) is 0 Å². The molecule has 0 unspecified atom stereocenters. The van der Waals surface area contributed by atoms with Crippen LogP contribution in [0, 0.1) is 0 Å². The number of rotatable bonds is 8. The van der Waals surface area contributed by atoms with Crippen LogP contribution in [0.4, 0.5) is 4.79 Å². The van der Waals surface area contributed by atoms with Gasteiger partial charge >= 0.3 is 6.03 Å². The standard InChI is InChI=1S/C21H33N5O3/c1-4-9-22-19(27)15-25-10-12-26(13-11-25)20(28)18-7-5-17(6-8-18)14-23-21(29)24-16(2)3/h5-8,16H,4,9-15H2,1-3H3,(H,22,27)(H2,23,24,29)/p+1. The zero-order valence-electron chi connectivity index (χ0n) is 17.7. The van der Waals surface area contributed by atoms with Crippen molar-refractivity contribution in [3.63, 3.8) is 0 Å². The fourth-order valence-corrected chi connectivity index (χ4v) is 3.20. The smallest absolute Gasteiger partial charge is 0.315 e. The minimum absolute atomic E-state index is 0.0107. The van der Waals surface area contributed by atoms with E-state index in [1.807, 2.05) is 37.8 Å². The van der Waals surface area contributed by atoms with Crippen LogP contribution in [-0.2, 0) is 11.3 Å². The maximum absolute atomic E-state index is 12.7. The summed E-state index contributed by atoms with van der Waals surface area (Å²) in [5.41, 5.74) is 1.58. The second-order valence-corrected chi connectivity index (χ2v) is 7.75. The highest BCUT2D eigenvalue weighted by atomic mass is 16.2. The summed E-state index contributed by atoms with van der Waals surface area (Å²) in [4.78, 5) is 39.3. The lowest BCUT2D eigenvalue weighted by molar-refractivity contribution is -0.896. The molecule has 2 rings (SSSR count). The molecule has 1 heterocycles. The van der Waals surface area contributed by atoms with Gasteiger partial charge in [-0.3, -0.25) is 9.59 Å². The van der Waals surface area contributed by atoms with Crippen molar-refractivity contribution in [2.24, 2.45) is 0 Å². The maximum Gasteiger partial charge on any atom is 0.315 e. The van der Waals surface area contributed by atoms with Gasteiger partial charge in [-0.15, -0.1) is 0 Å². The van der Waals surface area contributed by atoms with Crippen molar-refractivity contribution in [2.75, 3.05) is 39.3 Å². The van der Waals surface area contributed by atoms with Crippen LogP contribution in [-0.4, -0.2) is 68.1 Å². The molecule has 0 saturated carbocycles. The first-order valence-corrected chi connectivity index (χ1v) is 10.4. The van der Waals surface area contributed by atoms with Gasteiger partial charge in [0.1, 0.15) is 0 Å². The van der Waals surface area contributed by atoms with Crippen molar-refractivity contribution in [3.8, 4) is 0 Å². The quantitative estimate of drug-likeness (QED) is 0.482. The Balaban J connectivity index is 1.78. The molecule has 4 N–H and O–H groups in total. The van der Waals surface area contributed by atoms with Gasteiger partial charge in [-0.1, -0.05) is 19.1 Å². The number of nitrogens with one attached hydrogen (secondary N) is 4. The van der Waals surface area contributed by atoms with E-state index in [4.69, 9.17) is 0 Å². The molecule has 8 heteroatoms. The van der Waals surface area contributed by atoms with Gasteiger partial charge < -0.3 is 25.8 Å². The Morgan fingerprint density at radius 2 is 1.72 bits per heavy atom. The van der Waals surface area contributed by atoms with Crippen LogP contribution in [0.1, 0.15) is 43.1 Å². The van der Waals surface area contributed by atoms with E-state index >= 15 is 0 Å². The fraction of sp³-hybridized carbons (Fsp3) is 0.571. The normalized spacial score (nSPS) is 14.6. The molecule has 8 nitrogen and oxygen atoms in total. The average Bonchev–Trinajstić information content (AvgIpc) is 2.70. The van der Waals surface area contributed by atoms with E-state index < -0.39 is 0 Å². The van der Waals surface area contributed by atoms with E-state index in [1.165, 1.54) is 4.90 Å². The molecule has 160 valence electrons. The van der Waals surface area contributed by atoms with Crippen LogP contribution in [0.5, 0.6) is 0 Å². The molecule has 1 fully saturated rings. The molecular formula is C21H34N5O3+. The lowest BCUT2D eigenvalue weighted by atomic mass is 10.1. The number of hydrogen-bond acceptors (Lipinski definition) is 3. The van der Waals surface area contributed by atoms with Crippen LogP contribution in [0.3, 0.4) is 0 Å². The zero-order valence-corrected chi connectivity index (χ0v) is 17.7. The van der Waals surface area contributed by atoms with E-state index in [0.717, 1.165) is 25.1 Å². The number of piperazine rings is 1. The highest BCUT2D eigenvalue weighted by molar-refractivity contribution is 5.94. The maximum atomic E-state index is 12.7. The molecule has 0 atom stereocenters. The number of hydrogen-bond donors (Lipinski definition) is 4. The van der Waals surface area contributed by atoms with Crippen molar-refractivity contribution in [2.45, 2.75) is 39.8 Å². The van der Waals surface area contributed by atoms with Crippen LogP contribution >= 0.6 is 0 Å². The number of quaternary nitrogens is 1. The van der Waals surface area contributed by atoms with Crippen LogP contribution in [0.25, 0.3) is 0 Å². The predicted molar refractivity (Wildman–Crippen MR) is 112 cm³/mol. The summed E-state index contributed by atoms with van der Waals surface area (Å²) < 4.78 is 0. The summed E-state index contributed by atoms with van der Waals surface area (Å²) in [5.74, 6) is 0.0874. The summed E-state index contributed by atoms with van der Waals surface area (Å²) in [7, 11) is 0. The molecule has 1 aromatic carbocycles. The summed E-state index contributed by atoms with van der Waals surface area (Å²) in [6.45, 7) is 10.3. The molecule has 1 aromatic rings. The summed E-state index contributed by atoms with van der Waals surface area (Å²) >= 11 is 0. The predicted octanol–water partition coefficient (Wildman–Crippen LogP) is -0.239. The molecule has 0 bridgehead atoms. The molecular weight excluding hydrogens is 370 g/mol. The van der Waals surface area contributed by atoms with E-state index in [9.17, 15) is 14.4 Å². The number of carbonyl (C=O) groups is 3. The molecule has 4 amide bonds. The minimum Gasteiger partial charge on any atom is -0.351 e. The van der Waals surface area contributed by atoms with Crippen molar-refractivity contribution < 1.29 is 19.3 Å². The Kier molecular flexibility index (Phi) is 8.92. The number of amides is 4. The number of benzene rings is 1. The lowest BCUT2D eigenvalue weighted by Crippen LogP contribution is -3.15. The van der Waals surface area contributed by atoms with Gasteiger partial charge in [0.2, 0.25) is 0 Å². The van der Waals surface area contributed by atoms with Crippen LogP contribution in [0.15, 0.2) is 24.3 Å². The van der Waals surface area contributed by atoms with Gasteiger partial charge in [0.05, 0.1) is 26.2 Å². The number of nitrogens with zero attached hydrogens (tertiary/aromatic N) is 1. The third kappa shape index (κ3) is 7.73. The van der Waals surface area contributed by atoms with Gasteiger partial charge in [-0.2, -0.15) is 0 Å². The average molecular weight is 405 g/mol. The number of urea groups is 1. The van der Waals surface area contributed by atoms with Crippen molar-refractivity contribution >= 4 is 17.8 Å². The molecule has 0 aromatic heterocycles. The van der Waals surface area contributed by atoms with E-state index in [1.54, 1.807) is 12.1 Å². The Hall–Kier alpha value is -2.61. The second kappa shape index (κ2) is 11.4. The number of carbonyl (C=O) groups excluding carboxylic acids is 3. The minimum atomic E-state index is -0.205. The monoisotopic (exact) mass is 404 g/mol. The second-order valence-electron chi connectivity index (χ2n) is 7.75. The van der Waals surface area contributed by atoms with Crippen molar-refractivity contribution in [1.82, 2.24) is 20.9 Å². The largest absolute Gasteiger partial charge is 0.351 e. The van der Waals surface area contributed by atoms with Gasteiger partial charge in [0.15, 0.2) is 6.54 Å². The molecule has 0 aliphatic carbocycles. The fourth-order valence-electron chi connectivity index (χ4n) is 3.20. The molecule has 0 radical (unpaired) electrons. The highest BCUT2D eigenvalue weighted by Gasteiger charge is 2.25. The van der Waals surface area contributed by atoms with Gasteiger partial charge in [-0.05, 0) is 38.0 Å². The van der Waals surface area contributed by atoms with E-state index in [-0.39, 0.29) is 23.9 Å². The van der Waals surface area contributed by atoms with Crippen molar-refractivity contribution in [3.05, 3.63) is 35.4 Å². The molecule has 29 heavy (non-hydrogen) atoms. The lowest BCUT2D eigenvalue weighted by Gasteiger charge is -2.32. The Morgan fingerprint density at radius 3 is 2.31 bits per heavy atom. The van der Waals surface area contributed by atoms with Crippen molar-refractivity contribution in [1.29, 1.82) is 0 Å². The highest BCUT2D eigenvalue weighted by Crippen LogP contribution is 2.08. The SMILES string of the molecule is CCCNC(=O)C[NH+]1CCN(C(=O)c2ccc(CNC(=O)NC(C)C)cc2)CC1. The first-order valence-electron chi connectivity index (χ1n) is 10.4. The summed E-state index contributed by atoms with van der Waals surface area (Å²) in [6.07, 6.45) is 0.934. The van der Waals surface area contributed by atoms with E-state index in [0.29, 0.717) is 38.3 Å². The first-order chi connectivity index (χ1) is 13.9. The Morgan fingerprint density at radius 1 is 1.07 bits per heavy atom. The van der Waals surface area contributed by atoms with E-state index in [2.05, 4.69) is 16.0 Å². The van der Waals surface area contributed by atoms with Gasteiger partial charge in [-0.25, -0.2) is 4.79 Å².